The first-order valence-corrected chi connectivity index (χ1v) is 7.30. The van der Waals surface area contributed by atoms with Crippen molar-refractivity contribution in [1.82, 2.24) is 5.32 Å². The van der Waals surface area contributed by atoms with Crippen LogP contribution in [0.3, 0.4) is 0 Å². The molecule has 21 heavy (non-hydrogen) atoms. The zero-order valence-electron chi connectivity index (χ0n) is 12.2. The molecule has 1 atom stereocenters. The van der Waals surface area contributed by atoms with E-state index >= 15 is 0 Å². The number of ether oxygens (including phenoxy) is 1. The monoisotopic (exact) mass is 307 g/mol. The lowest BCUT2D eigenvalue weighted by Crippen LogP contribution is -2.23. The lowest BCUT2D eigenvalue weighted by Gasteiger charge is -2.11. The van der Waals surface area contributed by atoms with Crippen molar-refractivity contribution >= 4 is 11.6 Å². The first-order valence-electron chi connectivity index (χ1n) is 6.92. The molecule has 1 N–H and O–H groups in total. The van der Waals surface area contributed by atoms with Crippen LogP contribution in [0, 0.1) is 5.82 Å². The lowest BCUT2D eigenvalue weighted by molar-refractivity contribution is 0.300. The molecule has 0 radical (unpaired) electrons. The van der Waals surface area contributed by atoms with Gasteiger partial charge in [0.2, 0.25) is 0 Å². The number of nitrogens with one attached hydrogen (secondary N) is 1. The second-order valence-electron chi connectivity index (χ2n) is 5.03. The van der Waals surface area contributed by atoms with Gasteiger partial charge in [0.05, 0.1) is 5.02 Å². The lowest BCUT2D eigenvalue weighted by atomic mass is 10.1. The third-order valence-corrected chi connectivity index (χ3v) is 3.76. The predicted molar refractivity (Wildman–Crippen MR) is 84.4 cm³/mol. The SMILES string of the molecule is CNC(C)Cc1ccc(OCc2c(F)cccc2Cl)cc1. The molecular formula is C17H19ClFNO. The van der Waals surface area contributed by atoms with Crippen LogP contribution in [0.2, 0.25) is 5.02 Å². The molecule has 2 rings (SSSR count). The zero-order chi connectivity index (χ0) is 15.2. The second-order valence-corrected chi connectivity index (χ2v) is 5.43. The molecule has 1 unspecified atom stereocenters. The van der Waals surface area contributed by atoms with E-state index < -0.39 is 0 Å². The number of benzene rings is 2. The molecule has 0 aromatic heterocycles. The summed E-state index contributed by atoms with van der Waals surface area (Å²) in [4.78, 5) is 0. The molecule has 2 nitrogen and oxygen atoms in total. The van der Waals surface area contributed by atoms with Gasteiger partial charge in [-0.15, -0.1) is 0 Å². The van der Waals surface area contributed by atoms with E-state index in [1.807, 2.05) is 31.3 Å². The van der Waals surface area contributed by atoms with E-state index in [0.717, 1.165) is 6.42 Å². The van der Waals surface area contributed by atoms with Gasteiger partial charge in [-0.3, -0.25) is 0 Å². The fourth-order valence-corrected chi connectivity index (χ4v) is 2.22. The normalized spacial score (nSPS) is 12.2. The fourth-order valence-electron chi connectivity index (χ4n) is 2.00. The minimum absolute atomic E-state index is 0.123. The smallest absolute Gasteiger partial charge is 0.131 e. The Kier molecular flexibility index (Phi) is 5.59. The van der Waals surface area contributed by atoms with E-state index in [2.05, 4.69) is 12.2 Å². The van der Waals surface area contributed by atoms with Crippen molar-refractivity contribution in [2.45, 2.75) is 26.0 Å². The average Bonchev–Trinajstić information content (AvgIpc) is 2.48. The number of likely N-dealkylation sites (N-methyl/N-ethyl adjacent to an activating group) is 1. The van der Waals surface area contributed by atoms with Crippen LogP contribution in [0.4, 0.5) is 4.39 Å². The molecule has 0 amide bonds. The van der Waals surface area contributed by atoms with Gasteiger partial charge in [0.25, 0.3) is 0 Å². The summed E-state index contributed by atoms with van der Waals surface area (Å²) in [5.41, 5.74) is 1.61. The van der Waals surface area contributed by atoms with E-state index in [0.29, 0.717) is 22.4 Å². The second kappa shape index (κ2) is 7.43. The van der Waals surface area contributed by atoms with Gasteiger partial charge in [-0.25, -0.2) is 4.39 Å². The number of hydrogen-bond donors (Lipinski definition) is 1. The van der Waals surface area contributed by atoms with Crippen LogP contribution >= 0.6 is 11.6 Å². The van der Waals surface area contributed by atoms with Crippen molar-refractivity contribution in [3.05, 3.63) is 64.4 Å². The molecular weight excluding hydrogens is 289 g/mol. The zero-order valence-corrected chi connectivity index (χ0v) is 13.0. The molecule has 0 aliphatic rings. The maximum Gasteiger partial charge on any atom is 0.131 e. The Bertz CT molecular complexity index is 566. The Morgan fingerprint density at radius 2 is 1.90 bits per heavy atom. The van der Waals surface area contributed by atoms with Gasteiger partial charge in [0, 0.05) is 11.6 Å². The Labute approximate surface area is 129 Å². The van der Waals surface area contributed by atoms with Gasteiger partial charge in [-0.2, -0.15) is 0 Å². The molecule has 0 aliphatic carbocycles. The van der Waals surface area contributed by atoms with Crippen LogP contribution in [0.25, 0.3) is 0 Å². The molecule has 0 saturated heterocycles. The topological polar surface area (TPSA) is 21.3 Å². The highest BCUT2D eigenvalue weighted by atomic mass is 35.5. The third-order valence-electron chi connectivity index (χ3n) is 3.40. The van der Waals surface area contributed by atoms with Gasteiger partial charge in [-0.1, -0.05) is 29.8 Å². The van der Waals surface area contributed by atoms with E-state index in [4.69, 9.17) is 16.3 Å². The average molecular weight is 308 g/mol. The summed E-state index contributed by atoms with van der Waals surface area (Å²) in [6, 6.07) is 12.9. The Morgan fingerprint density at radius 3 is 2.52 bits per heavy atom. The largest absolute Gasteiger partial charge is 0.489 e. The van der Waals surface area contributed by atoms with Crippen molar-refractivity contribution < 1.29 is 9.13 Å². The predicted octanol–water partition coefficient (Wildman–Crippen LogP) is 4.21. The van der Waals surface area contributed by atoms with E-state index in [9.17, 15) is 4.39 Å². The standard InChI is InChI=1S/C17H19ClFNO/c1-12(20-2)10-13-6-8-14(9-7-13)21-11-15-16(18)4-3-5-17(15)19/h3-9,12,20H,10-11H2,1-2H3. The molecule has 2 aromatic rings. The van der Waals surface area contributed by atoms with Crippen LogP contribution < -0.4 is 10.1 Å². The van der Waals surface area contributed by atoms with Crippen molar-refractivity contribution in [3.8, 4) is 5.75 Å². The fraction of sp³-hybridized carbons (Fsp3) is 0.294. The summed E-state index contributed by atoms with van der Waals surface area (Å²) < 4.78 is 19.2. The van der Waals surface area contributed by atoms with Gasteiger partial charge in [0.15, 0.2) is 0 Å². The molecule has 0 bridgehead atoms. The summed E-state index contributed by atoms with van der Waals surface area (Å²) >= 11 is 5.97. The van der Waals surface area contributed by atoms with Crippen molar-refractivity contribution in [1.29, 1.82) is 0 Å². The Morgan fingerprint density at radius 1 is 1.19 bits per heavy atom. The molecule has 0 spiro atoms. The van der Waals surface area contributed by atoms with Crippen LogP contribution in [0.5, 0.6) is 5.75 Å². The number of halogens is 2. The molecule has 0 aliphatic heterocycles. The van der Waals surface area contributed by atoms with Gasteiger partial charge < -0.3 is 10.1 Å². The molecule has 112 valence electrons. The van der Waals surface area contributed by atoms with E-state index in [1.165, 1.54) is 11.6 Å². The minimum Gasteiger partial charge on any atom is -0.489 e. The van der Waals surface area contributed by atoms with Crippen LogP contribution in [-0.2, 0) is 13.0 Å². The first kappa shape index (κ1) is 15.8. The third kappa shape index (κ3) is 4.45. The Balaban J connectivity index is 1.98. The van der Waals surface area contributed by atoms with E-state index in [-0.39, 0.29) is 12.4 Å². The number of hydrogen-bond acceptors (Lipinski definition) is 2. The first-order chi connectivity index (χ1) is 10.1. The maximum atomic E-state index is 13.6. The van der Waals surface area contributed by atoms with Gasteiger partial charge >= 0.3 is 0 Å². The molecule has 0 saturated carbocycles. The highest BCUT2D eigenvalue weighted by Crippen LogP contribution is 2.21. The van der Waals surface area contributed by atoms with Crippen molar-refractivity contribution in [2.75, 3.05) is 7.05 Å². The summed E-state index contributed by atoms with van der Waals surface area (Å²) in [7, 11) is 1.94. The molecule has 0 heterocycles. The Hall–Kier alpha value is -1.58. The minimum atomic E-state index is -0.345. The summed E-state index contributed by atoms with van der Waals surface area (Å²) in [5, 5.41) is 3.58. The summed E-state index contributed by atoms with van der Waals surface area (Å²) in [6.07, 6.45) is 0.954. The van der Waals surface area contributed by atoms with Crippen molar-refractivity contribution in [3.63, 3.8) is 0 Å². The maximum absolute atomic E-state index is 13.6. The van der Waals surface area contributed by atoms with E-state index in [1.54, 1.807) is 12.1 Å². The quantitative estimate of drug-likeness (QED) is 0.863. The molecule has 0 fully saturated rings. The summed E-state index contributed by atoms with van der Waals surface area (Å²) in [5.74, 6) is 0.358. The number of rotatable bonds is 6. The molecule has 4 heteroatoms. The van der Waals surface area contributed by atoms with Crippen LogP contribution in [0.15, 0.2) is 42.5 Å². The van der Waals surface area contributed by atoms with Crippen LogP contribution in [-0.4, -0.2) is 13.1 Å². The van der Waals surface area contributed by atoms with Crippen LogP contribution in [0.1, 0.15) is 18.1 Å². The molecule has 2 aromatic carbocycles. The highest BCUT2D eigenvalue weighted by molar-refractivity contribution is 6.31. The summed E-state index contributed by atoms with van der Waals surface area (Å²) in [6.45, 7) is 2.25. The highest BCUT2D eigenvalue weighted by Gasteiger charge is 2.08. The van der Waals surface area contributed by atoms with Crippen molar-refractivity contribution in [2.24, 2.45) is 0 Å². The van der Waals surface area contributed by atoms with Gasteiger partial charge in [-0.05, 0) is 50.2 Å². The van der Waals surface area contributed by atoms with Gasteiger partial charge in [0.1, 0.15) is 18.2 Å².